The molecule has 0 N–H and O–H groups in total. The Kier molecular flexibility index (Phi) is 5.04. The van der Waals surface area contributed by atoms with E-state index in [0.29, 0.717) is 10.6 Å². The van der Waals surface area contributed by atoms with E-state index in [0.717, 1.165) is 37.3 Å². The van der Waals surface area contributed by atoms with Crippen molar-refractivity contribution in [2.24, 2.45) is 0 Å². The van der Waals surface area contributed by atoms with Gasteiger partial charge < -0.3 is 9.80 Å². The van der Waals surface area contributed by atoms with Gasteiger partial charge in [-0.3, -0.25) is 0 Å². The zero-order valence-electron chi connectivity index (χ0n) is 14.6. The normalized spacial score (nSPS) is 15.1. The zero-order chi connectivity index (χ0) is 18.7. The molecule has 1 saturated heterocycles. The van der Waals surface area contributed by atoms with E-state index in [-0.39, 0.29) is 5.75 Å². The number of nitrogens with zero attached hydrogens (tertiary/aromatic N) is 5. The van der Waals surface area contributed by atoms with E-state index in [4.69, 9.17) is 0 Å². The number of sulfone groups is 1. The van der Waals surface area contributed by atoms with Gasteiger partial charge in [0.2, 0.25) is 5.95 Å². The number of thiazole rings is 1. The SMILES string of the molecule is O=S(=O)(Cc1csc(N2CCN(c3ncccn3)CC2)n1)c1ccccc1. The molecule has 3 aromatic rings. The van der Waals surface area contributed by atoms with Crippen LogP contribution in [0.25, 0.3) is 0 Å². The van der Waals surface area contributed by atoms with Crippen molar-refractivity contribution in [1.29, 1.82) is 0 Å². The highest BCUT2D eigenvalue weighted by Gasteiger charge is 2.22. The Morgan fingerprint density at radius 3 is 2.30 bits per heavy atom. The molecular formula is C18H19N5O2S2. The van der Waals surface area contributed by atoms with Gasteiger partial charge in [-0.15, -0.1) is 11.3 Å². The second-order valence-electron chi connectivity index (χ2n) is 6.22. The minimum atomic E-state index is -3.37. The summed E-state index contributed by atoms with van der Waals surface area (Å²) in [5.41, 5.74) is 0.590. The molecule has 0 spiro atoms. The first-order chi connectivity index (χ1) is 13.1. The second kappa shape index (κ2) is 7.61. The fraction of sp³-hybridized carbons (Fsp3) is 0.278. The standard InChI is InChI=1S/C18H19N5O2S2/c24-27(25,16-5-2-1-3-6-16)14-15-13-26-18(21-15)23-11-9-22(10-12-23)17-19-7-4-8-20-17/h1-8,13H,9-12,14H2. The van der Waals surface area contributed by atoms with Gasteiger partial charge in [0.25, 0.3) is 0 Å². The van der Waals surface area contributed by atoms with E-state index in [1.165, 1.54) is 11.3 Å². The number of hydrogen-bond donors (Lipinski definition) is 0. The van der Waals surface area contributed by atoms with Crippen LogP contribution in [0.2, 0.25) is 0 Å². The Labute approximate surface area is 162 Å². The molecule has 1 fully saturated rings. The molecule has 7 nitrogen and oxygen atoms in total. The number of rotatable bonds is 5. The summed E-state index contributed by atoms with van der Waals surface area (Å²) in [5, 5.41) is 2.70. The van der Waals surface area contributed by atoms with Crippen molar-refractivity contribution in [1.82, 2.24) is 15.0 Å². The average molecular weight is 402 g/mol. The van der Waals surface area contributed by atoms with Crippen molar-refractivity contribution in [2.45, 2.75) is 10.6 Å². The largest absolute Gasteiger partial charge is 0.345 e. The Morgan fingerprint density at radius 2 is 1.59 bits per heavy atom. The number of anilines is 2. The van der Waals surface area contributed by atoms with Crippen LogP contribution in [0, 0.1) is 0 Å². The third kappa shape index (κ3) is 4.09. The second-order valence-corrected chi connectivity index (χ2v) is 9.04. The van der Waals surface area contributed by atoms with Gasteiger partial charge in [0, 0.05) is 44.0 Å². The molecule has 2 aromatic heterocycles. The predicted octanol–water partition coefficient (Wildman–Crippen LogP) is 2.23. The lowest BCUT2D eigenvalue weighted by atomic mass is 10.3. The Balaban J connectivity index is 1.40. The van der Waals surface area contributed by atoms with Crippen molar-refractivity contribution in [3.63, 3.8) is 0 Å². The van der Waals surface area contributed by atoms with Crippen molar-refractivity contribution < 1.29 is 8.42 Å². The molecule has 140 valence electrons. The quantitative estimate of drug-likeness (QED) is 0.649. The summed E-state index contributed by atoms with van der Waals surface area (Å²) in [6, 6.07) is 10.3. The molecule has 0 amide bonds. The van der Waals surface area contributed by atoms with Crippen LogP contribution in [0.4, 0.5) is 11.1 Å². The molecule has 0 atom stereocenters. The molecule has 0 aliphatic carbocycles. The van der Waals surface area contributed by atoms with Gasteiger partial charge in [0.15, 0.2) is 15.0 Å². The van der Waals surface area contributed by atoms with E-state index in [2.05, 4.69) is 24.8 Å². The Morgan fingerprint density at radius 1 is 0.926 bits per heavy atom. The van der Waals surface area contributed by atoms with Gasteiger partial charge in [-0.1, -0.05) is 18.2 Å². The first kappa shape index (κ1) is 17.9. The van der Waals surface area contributed by atoms with Gasteiger partial charge in [0.05, 0.1) is 16.3 Å². The third-order valence-electron chi connectivity index (χ3n) is 4.37. The van der Waals surface area contributed by atoms with Crippen LogP contribution in [-0.4, -0.2) is 49.5 Å². The molecule has 27 heavy (non-hydrogen) atoms. The summed E-state index contributed by atoms with van der Waals surface area (Å²) in [5.74, 6) is 0.664. The van der Waals surface area contributed by atoms with Gasteiger partial charge in [0.1, 0.15) is 0 Å². The Bertz CT molecular complexity index is 985. The minimum absolute atomic E-state index is 0.0780. The maximum atomic E-state index is 12.5. The monoisotopic (exact) mass is 401 g/mol. The fourth-order valence-corrected chi connectivity index (χ4v) is 5.23. The van der Waals surface area contributed by atoms with Crippen molar-refractivity contribution in [3.8, 4) is 0 Å². The highest BCUT2D eigenvalue weighted by molar-refractivity contribution is 7.90. The first-order valence-electron chi connectivity index (χ1n) is 8.61. The lowest BCUT2D eigenvalue weighted by Gasteiger charge is -2.34. The number of aromatic nitrogens is 3. The molecule has 1 aliphatic rings. The van der Waals surface area contributed by atoms with Crippen LogP contribution >= 0.6 is 11.3 Å². The molecule has 1 aromatic carbocycles. The summed E-state index contributed by atoms with van der Waals surface area (Å²) < 4.78 is 25.0. The highest BCUT2D eigenvalue weighted by atomic mass is 32.2. The van der Waals surface area contributed by atoms with E-state index < -0.39 is 9.84 Å². The van der Waals surface area contributed by atoms with Crippen molar-refractivity contribution in [3.05, 3.63) is 59.9 Å². The van der Waals surface area contributed by atoms with Crippen LogP contribution in [0.3, 0.4) is 0 Å². The van der Waals surface area contributed by atoms with Crippen molar-refractivity contribution in [2.75, 3.05) is 36.0 Å². The number of benzene rings is 1. The number of hydrogen-bond acceptors (Lipinski definition) is 8. The molecule has 0 unspecified atom stereocenters. The van der Waals surface area contributed by atoms with E-state index in [1.807, 2.05) is 5.38 Å². The molecule has 3 heterocycles. The van der Waals surface area contributed by atoms with Crippen molar-refractivity contribution >= 4 is 32.3 Å². The van der Waals surface area contributed by atoms with Gasteiger partial charge >= 0.3 is 0 Å². The third-order valence-corrected chi connectivity index (χ3v) is 6.98. The van der Waals surface area contributed by atoms with Crippen LogP contribution in [-0.2, 0) is 15.6 Å². The molecule has 4 rings (SSSR count). The summed E-state index contributed by atoms with van der Waals surface area (Å²) in [6.45, 7) is 3.22. The highest BCUT2D eigenvalue weighted by Crippen LogP contribution is 2.25. The van der Waals surface area contributed by atoms with Crippen LogP contribution in [0.1, 0.15) is 5.69 Å². The molecule has 9 heteroatoms. The summed E-state index contributed by atoms with van der Waals surface area (Å²) >= 11 is 1.49. The molecule has 0 saturated carbocycles. The molecule has 0 bridgehead atoms. The number of piperazine rings is 1. The van der Waals surface area contributed by atoms with Crippen LogP contribution in [0.5, 0.6) is 0 Å². The summed E-state index contributed by atoms with van der Waals surface area (Å²) in [6.07, 6.45) is 3.49. The lowest BCUT2D eigenvalue weighted by Crippen LogP contribution is -2.47. The first-order valence-corrected chi connectivity index (χ1v) is 11.1. The minimum Gasteiger partial charge on any atom is -0.345 e. The smallest absolute Gasteiger partial charge is 0.225 e. The van der Waals surface area contributed by atoms with Gasteiger partial charge in [-0.25, -0.2) is 23.4 Å². The summed E-state index contributed by atoms with van der Waals surface area (Å²) in [4.78, 5) is 17.8. The molecule has 0 radical (unpaired) electrons. The van der Waals surface area contributed by atoms with Gasteiger partial charge in [-0.05, 0) is 18.2 Å². The van der Waals surface area contributed by atoms with E-state index in [9.17, 15) is 8.42 Å². The van der Waals surface area contributed by atoms with Gasteiger partial charge in [-0.2, -0.15) is 0 Å². The molecule has 1 aliphatic heterocycles. The molecular weight excluding hydrogens is 382 g/mol. The van der Waals surface area contributed by atoms with E-state index in [1.54, 1.807) is 48.8 Å². The maximum Gasteiger partial charge on any atom is 0.225 e. The van der Waals surface area contributed by atoms with Crippen LogP contribution in [0.15, 0.2) is 59.1 Å². The Hall–Kier alpha value is -2.52. The predicted molar refractivity (Wildman–Crippen MR) is 106 cm³/mol. The maximum absolute atomic E-state index is 12.5. The fourth-order valence-electron chi connectivity index (χ4n) is 2.97. The average Bonchev–Trinajstić information content (AvgIpc) is 3.17. The zero-order valence-corrected chi connectivity index (χ0v) is 16.2. The summed E-state index contributed by atoms with van der Waals surface area (Å²) in [7, 11) is -3.37. The van der Waals surface area contributed by atoms with E-state index >= 15 is 0 Å². The van der Waals surface area contributed by atoms with Crippen LogP contribution < -0.4 is 9.80 Å². The lowest BCUT2D eigenvalue weighted by molar-refractivity contribution is 0.594. The topological polar surface area (TPSA) is 79.3 Å².